The lowest BCUT2D eigenvalue weighted by atomic mass is 9.88. The summed E-state index contributed by atoms with van der Waals surface area (Å²) in [6.45, 7) is 1.15. The van der Waals surface area contributed by atoms with Gasteiger partial charge < -0.3 is 10.5 Å². The predicted molar refractivity (Wildman–Crippen MR) is 131 cm³/mol. The average Bonchev–Trinajstić information content (AvgIpc) is 3.32. The summed E-state index contributed by atoms with van der Waals surface area (Å²) < 4.78 is 22.7. The summed E-state index contributed by atoms with van der Waals surface area (Å²) in [5, 5.41) is 0.745. The number of nitrogens with two attached hydrogens (primary N) is 1. The van der Waals surface area contributed by atoms with Gasteiger partial charge in [-0.25, -0.2) is 9.37 Å². The maximum Gasteiger partial charge on any atom is 0.261 e. The Morgan fingerprint density at radius 3 is 2.97 bits per heavy atom. The van der Waals surface area contributed by atoms with Crippen LogP contribution in [-0.2, 0) is 17.7 Å². The maximum atomic E-state index is 15.0. The molecule has 0 spiro atoms. The van der Waals surface area contributed by atoms with Gasteiger partial charge in [0, 0.05) is 66.8 Å². The van der Waals surface area contributed by atoms with Gasteiger partial charge in [0.25, 0.3) is 5.56 Å². The Kier molecular flexibility index (Phi) is 6.18. The first kappa shape index (κ1) is 22.7. The van der Waals surface area contributed by atoms with Crippen LogP contribution in [0.2, 0.25) is 5.02 Å². The van der Waals surface area contributed by atoms with E-state index in [1.54, 1.807) is 30.0 Å². The molecule has 1 aromatic carbocycles. The van der Waals surface area contributed by atoms with Gasteiger partial charge in [-0.05, 0) is 43.5 Å². The fourth-order valence-electron chi connectivity index (χ4n) is 4.86. The Hall–Kier alpha value is -3.10. The zero-order chi connectivity index (χ0) is 23.8. The van der Waals surface area contributed by atoms with Crippen LogP contribution in [0.25, 0.3) is 22.2 Å². The van der Waals surface area contributed by atoms with Gasteiger partial charge in [0.05, 0.1) is 17.2 Å². The van der Waals surface area contributed by atoms with Crippen molar-refractivity contribution >= 4 is 28.7 Å². The monoisotopic (exact) mass is 481 g/mol. The summed E-state index contributed by atoms with van der Waals surface area (Å²) in [4.78, 5) is 27.1. The van der Waals surface area contributed by atoms with Crippen molar-refractivity contribution in [3.8, 4) is 11.3 Å². The first-order chi connectivity index (χ1) is 16.5. The topological polar surface area (TPSA) is 95.4 Å². The van der Waals surface area contributed by atoms with Crippen molar-refractivity contribution in [1.82, 2.24) is 14.5 Å². The Morgan fingerprint density at radius 1 is 1.35 bits per heavy atom. The molecule has 0 saturated carbocycles. The Bertz CT molecular complexity index is 1380. The second-order valence-electron chi connectivity index (χ2n) is 8.64. The second kappa shape index (κ2) is 9.27. The lowest BCUT2D eigenvalue weighted by Crippen LogP contribution is -2.28. The number of aryl methyl sites for hydroxylation is 1. The standard InChI is InChI=1S/C25H25ClFN5O2/c1-29-13-15(12-28)21-9-14(6-8-34-21)20-11-18-24(31-22-3-2-7-32(22)25(18)33)23(30-20)17-5-4-16(26)10-19(17)27/h4-5,10-14,21H,2-3,6-9,28H2,1H3/b15-12+,29-13?. The zero-order valence-corrected chi connectivity index (χ0v) is 19.6. The normalized spacial score (nSPS) is 20.9. The van der Waals surface area contributed by atoms with Crippen LogP contribution >= 0.6 is 11.6 Å². The van der Waals surface area contributed by atoms with Gasteiger partial charge in [-0.1, -0.05) is 11.6 Å². The summed E-state index contributed by atoms with van der Waals surface area (Å²) in [7, 11) is 1.68. The molecule has 1 fully saturated rings. The van der Waals surface area contributed by atoms with Crippen molar-refractivity contribution in [2.75, 3.05) is 13.7 Å². The SMILES string of the molecule is CN=C/C(=C\N)C1CC(c2cc3c(=O)n4c(nc3c(-c3ccc(Cl)cc3F)n2)CCC4)CCO1. The average molecular weight is 482 g/mol. The number of fused-ring (bicyclic) bond motifs is 2. The van der Waals surface area contributed by atoms with E-state index < -0.39 is 5.82 Å². The predicted octanol–water partition coefficient (Wildman–Crippen LogP) is 4.00. The molecule has 7 nitrogen and oxygen atoms in total. The third kappa shape index (κ3) is 4.01. The van der Waals surface area contributed by atoms with Crippen molar-refractivity contribution in [3.63, 3.8) is 0 Å². The largest absolute Gasteiger partial charge is 0.404 e. The van der Waals surface area contributed by atoms with E-state index in [4.69, 9.17) is 32.0 Å². The van der Waals surface area contributed by atoms with E-state index in [1.807, 2.05) is 6.07 Å². The number of nitrogens with zero attached hydrogens (tertiary/aromatic N) is 4. The van der Waals surface area contributed by atoms with Crippen molar-refractivity contribution in [2.45, 2.75) is 44.2 Å². The van der Waals surface area contributed by atoms with Gasteiger partial charge in [-0.3, -0.25) is 19.3 Å². The van der Waals surface area contributed by atoms with E-state index in [0.717, 1.165) is 18.4 Å². The van der Waals surface area contributed by atoms with Crippen LogP contribution in [0.1, 0.15) is 36.7 Å². The van der Waals surface area contributed by atoms with Gasteiger partial charge in [0.15, 0.2) is 0 Å². The Labute approximate surface area is 201 Å². The lowest BCUT2D eigenvalue weighted by molar-refractivity contribution is 0.0321. The van der Waals surface area contributed by atoms with Crippen molar-refractivity contribution in [2.24, 2.45) is 10.7 Å². The molecule has 0 bridgehead atoms. The Balaban J connectivity index is 1.68. The van der Waals surface area contributed by atoms with E-state index in [1.165, 1.54) is 12.3 Å². The fourth-order valence-corrected chi connectivity index (χ4v) is 5.02. The fraction of sp³-hybridized carbons (Fsp3) is 0.360. The van der Waals surface area contributed by atoms with E-state index in [9.17, 15) is 4.79 Å². The first-order valence-corrected chi connectivity index (χ1v) is 11.7. The molecule has 1 saturated heterocycles. The van der Waals surface area contributed by atoms with E-state index in [2.05, 4.69) is 4.99 Å². The summed E-state index contributed by atoms with van der Waals surface area (Å²) in [6, 6.07) is 6.29. The number of rotatable bonds is 4. The number of hydrogen-bond donors (Lipinski definition) is 1. The quantitative estimate of drug-likeness (QED) is 0.568. The van der Waals surface area contributed by atoms with Crippen LogP contribution in [0.4, 0.5) is 4.39 Å². The highest BCUT2D eigenvalue weighted by Crippen LogP contribution is 2.36. The molecule has 2 N–H and O–H groups in total. The van der Waals surface area contributed by atoms with Gasteiger partial charge in [0.2, 0.25) is 0 Å². The van der Waals surface area contributed by atoms with Crippen molar-refractivity contribution in [3.05, 3.63) is 68.8 Å². The van der Waals surface area contributed by atoms with E-state index in [0.29, 0.717) is 59.1 Å². The highest BCUT2D eigenvalue weighted by atomic mass is 35.5. The van der Waals surface area contributed by atoms with Gasteiger partial charge in [-0.15, -0.1) is 0 Å². The number of benzene rings is 1. The van der Waals surface area contributed by atoms with Crippen LogP contribution in [0.3, 0.4) is 0 Å². The summed E-state index contributed by atoms with van der Waals surface area (Å²) in [5.74, 6) is 0.207. The van der Waals surface area contributed by atoms with Crippen LogP contribution in [-0.4, -0.2) is 40.5 Å². The van der Waals surface area contributed by atoms with Crippen LogP contribution in [0.5, 0.6) is 0 Å². The molecular weight excluding hydrogens is 457 g/mol. The number of pyridine rings is 1. The van der Waals surface area contributed by atoms with Crippen LogP contribution < -0.4 is 11.3 Å². The second-order valence-corrected chi connectivity index (χ2v) is 9.08. The van der Waals surface area contributed by atoms with Crippen LogP contribution in [0, 0.1) is 5.82 Å². The summed E-state index contributed by atoms with van der Waals surface area (Å²) in [5.41, 5.74) is 8.25. The van der Waals surface area contributed by atoms with Crippen LogP contribution in [0.15, 0.2) is 45.8 Å². The molecule has 176 valence electrons. The molecule has 34 heavy (non-hydrogen) atoms. The molecule has 2 aliphatic rings. The molecule has 2 atom stereocenters. The molecular formula is C25H25ClFN5O2. The molecule has 2 aromatic heterocycles. The number of aromatic nitrogens is 3. The molecule has 3 aromatic rings. The molecule has 5 rings (SSSR count). The lowest BCUT2D eigenvalue weighted by Gasteiger charge is -2.30. The minimum Gasteiger partial charge on any atom is -0.404 e. The minimum absolute atomic E-state index is 0.00452. The highest BCUT2D eigenvalue weighted by Gasteiger charge is 2.29. The van der Waals surface area contributed by atoms with E-state index in [-0.39, 0.29) is 23.1 Å². The molecule has 0 aliphatic carbocycles. The van der Waals surface area contributed by atoms with E-state index >= 15 is 4.39 Å². The maximum absolute atomic E-state index is 15.0. The third-order valence-electron chi connectivity index (χ3n) is 6.55. The van der Waals surface area contributed by atoms with Gasteiger partial charge in [0.1, 0.15) is 17.2 Å². The van der Waals surface area contributed by atoms with Gasteiger partial charge in [-0.2, -0.15) is 0 Å². The van der Waals surface area contributed by atoms with Crippen molar-refractivity contribution in [1.29, 1.82) is 0 Å². The number of aliphatic imine (C=N–C) groups is 1. The zero-order valence-electron chi connectivity index (χ0n) is 18.8. The molecule has 2 aliphatic heterocycles. The summed E-state index contributed by atoms with van der Waals surface area (Å²) in [6.07, 6.45) is 5.87. The molecule has 0 amide bonds. The summed E-state index contributed by atoms with van der Waals surface area (Å²) >= 11 is 5.99. The number of hydrogen-bond acceptors (Lipinski definition) is 6. The minimum atomic E-state index is -0.502. The first-order valence-electron chi connectivity index (χ1n) is 11.4. The molecule has 0 radical (unpaired) electrons. The molecule has 9 heteroatoms. The number of ether oxygens (including phenoxy) is 1. The number of halogens is 2. The van der Waals surface area contributed by atoms with Gasteiger partial charge >= 0.3 is 0 Å². The highest BCUT2D eigenvalue weighted by molar-refractivity contribution is 6.30. The third-order valence-corrected chi connectivity index (χ3v) is 6.79. The smallest absolute Gasteiger partial charge is 0.261 e. The molecule has 2 unspecified atom stereocenters. The Morgan fingerprint density at radius 2 is 2.21 bits per heavy atom. The van der Waals surface area contributed by atoms with Crippen molar-refractivity contribution < 1.29 is 9.13 Å². The molecule has 4 heterocycles.